The molecular weight excluding hydrogens is 240 g/mol. The molecule has 0 aromatic carbocycles. The van der Waals surface area contributed by atoms with Crippen LogP contribution in [0.4, 0.5) is 0 Å². The molecule has 2 aliphatic rings. The molecule has 1 N–H and O–H groups in total. The van der Waals surface area contributed by atoms with E-state index in [9.17, 15) is 4.79 Å². The number of hydrogen-bond acceptors (Lipinski definition) is 3. The van der Waals surface area contributed by atoms with E-state index >= 15 is 0 Å². The molecule has 2 heterocycles. The summed E-state index contributed by atoms with van der Waals surface area (Å²) in [5, 5.41) is 3.38. The minimum absolute atomic E-state index is 0.376. The van der Waals surface area contributed by atoms with Gasteiger partial charge >= 0.3 is 0 Å². The Morgan fingerprint density at radius 3 is 2.53 bits per heavy atom. The maximum Gasteiger partial charge on any atom is 0.223 e. The zero-order valence-corrected chi connectivity index (χ0v) is 12.2. The summed E-state index contributed by atoms with van der Waals surface area (Å²) in [6.07, 6.45) is 6.12. The maximum atomic E-state index is 12.6. The summed E-state index contributed by atoms with van der Waals surface area (Å²) in [6, 6.07) is 0.466. The Kier molecular flexibility index (Phi) is 6.11. The van der Waals surface area contributed by atoms with E-state index in [0.717, 1.165) is 71.4 Å². The van der Waals surface area contributed by atoms with Crippen molar-refractivity contribution in [2.24, 2.45) is 5.92 Å². The van der Waals surface area contributed by atoms with E-state index in [4.69, 9.17) is 4.74 Å². The lowest BCUT2D eigenvalue weighted by Crippen LogP contribution is -2.47. The molecule has 0 aromatic rings. The minimum Gasteiger partial charge on any atom is -0.381 e. The first-order valence-electron chi connectivity index (χ1n) is 7.89. The van der Waals surface area contributed by atoms with Crippen LogP contribution in [0.5, 0.6) is 0 Å². The van der Waals surface area contributed by atoms with Crippen LogP contribution >= 0.6 is 0 Å². The van der Waals surface area contributed by atoms with Gasteiger partial charge in [0.1, 0.15) is 0 Å². The highest BCUT2D eigenvalue weighted by Gasteiger charge is 2.27. The van der Waals surface area contributed by atoms with Crippen LogP contribution in [0, 0.1) is 5.92 Å². The Bertz CT molecular complexity index is 271. The molecule has 0 bridgehead atoms. The molecule has 4 heteroatoms. The molecule has 0 radical (unpaired) electrons. The molecule has 2 rings (SSSR count). The summed E-state index contributed by atoms with van der Waals surface area (Å²) in [7, 11) is 0. The van der Waals surface area contributed by atoms with E-state index in [1.807, 2.05) is 0 Å². The highest BCUT2D eigenvalue weighted by Crippen LogP contribution is 2.22. The van der Waals surface area contributed by atoms with Crippen molar-refractivity contribution in [1.29, 1.82) is 0 Å². The second-order valence-electron chi connectivity index (χ2n) is 5.83. The lowest BCUT2D eigenvalue weighted by Gasteiger charge is -2.36. The highest BCUT2D eigenvalue weighted by molar-refractivity contribution is 5.76. The van der Waals surface area contributed by atoms with Crippen molar-refractivity contribution in [2.75, 3.05) is 32.8 Å². The summed E-state index contributed by atoms with van der Waals surface area (Å²) in [4.78, 5) is 14.7. The van der Waals surface area contributed by atoms with Crippen LogP contribution in [0.3, 0.4) is 0 Å². The molecule has 19 heavy (non-hydrogen) atoms. The van der Waals surface area contributed by atoms with Crippen LogP contribution in [-0.2, 0) is 9.53 Å². The first-order chi connectivity index (χ1) is 9.31. The van der Waals surface area contributed by atoms with Gasteiger partial charge in [0, 0.05) is 32.2 Å². The first kappa shape index (κ1) is 14.8. The van der Waals surface area contributed by atoms with E-state index in [2.05, 4.69) is 17.1 Å². The molecule has 1 amide bonds. The van der Waals surface area contributed by atoms with Crippen LogP contribution in [0.1, 0.15) is 45.4 Å². The number of hydrogen-bond donors (Lipinski definition) is 1. The van der Waals surface area contributed by atoms with Crippen molar-refractivity contribution in [3.05, 3.63) is 0 Å². The predicted molar refractivity (Wildman–Crippen MR) is 76.1 cm³/mol. The van der Waals surface area contributed by atoms with Gasteiger partial charge in [0.2, 0.25) is 5.91 Å². The Morgan fingerprint density at radius 2 is 1.89 bits per heavy atom. The summed E-state index contributed by atoms with van der Waals surface area (Å²) >= 11 is 0. The third-order valence-electron chi connectivity index (χ3n) is 4.34. The third kappa shape index (κ3) is 4.46. The molecular formula is C15H28N2O2. The Labute approximate surface area is 116 Å². The summed E-state index contributed by atoms with van der Waals surface area (Å²) in [5.74, 6) is 0.919. The molecule has 110 valence electrons. The van der Waals surface area contributed by atoms with Gasteiger partial charge in [0.25, 0.3) is 0 Å². The summed E-state index contributed by atoms with van der Waals surface area (Å²) < 4.78 is 5.37. The van der Waals surface area contributed by atoms with Gasteiger partial charge in [-0.3, -0.25) is 4.79 Å². The molecule has 2 saturated heterocycles. The van der Waals surface area contributed by atoms with Gasteiger partial charge in [-0.2, -0.15) is 0 Å². The molecule has 0 aliphatic carbocycles. The molecule has 4 nitrogen and oxygen atoms in total. The van der Waals surface area contributed by atoms with Gasteiger partial charge in [-0.1, -0.05) is 6.92 Å². The van der Waals surface area contributed by atoms with Gasteiger partial charge in [-0.15, -0.1) is 0 Å². The van der Waals surface area contributed by atoms with Crippen LogP contribution in [0.15, 0.2) is 0 Å². The topological polar surface area (TPSA) is 41.6 Å². The zero-order valence-electron chi connectivity index (χ0n) is 12.2. The monoisotopic (exact) mass is 268 g/mol. The van der Waals surface area contributed by atoms with Crippen molar-refractivity contribution in [3.63, 3.8) is 0 Å². The standard InChI is InChI=1S/C15H28N2O2/c1-2-9-17(14-3-7-16-8-4-14)15(18)12-13-5-10-19-11-6-13/h13-14,16H,2-12H2,1H3. The minimum atomic E-state index is 0.376. The SMILES string of the molecule is CCCN(C(=O)CC1CCOCC1)C1CCNCC1. The largest absolute Gasteiger partial charge is 0.381 e. The zero-order chi connectivity index (χ0) is 13.5. The number of nitrogens with zero attached hydrogens (tertiary/aromatic N) is 1. The highest BCUT2D eigenvalue weighted by atomic mass is 16.5. The smallest absolute Gasteiger partial charge is 0.223 e. The second kappa shape index (κ2) is 7.85. The van der Waals surface area contributed by atoms with Crippen LogP contribution in [0.2, 0.25) is 0 Å². The molecule has 2 aliphatic heterocycles. The quantitative estimate of drug-likeness (QED) is 0.826. The van der Waals surface area contributed by atoms with Crippen molar-refractivity contribution < 1.29 is 9.53 Å². The first-order valence-corrected chi connectivity index (χ1v) is 7.89. The van der Waals surface area contributed by atoms with E-state index in [-0.39, 0.29) is 0 Å². The van der Waals surface area contributed by atoms with Gasteiger partial charge < -0.3 is 15.0 Å². The van der Waals surface area contributed by atoms with E-state index in [1.54, 1.807) is 0 Å². The molecule has 0 saturated carbocycles. The van der Waals surface area contributed by atoms with Gasteiger partial charge in [0.15, 0.2) is 0 Å². The van der Waals surface area contributed by atoms with Gasteiger partial charge in [-0.05, 0) is 51.1 Å². The molecule has 0 unspecified atom stereocenters. The molecule has 0 spiro atoms. The average molecular weight is 268 g/mol. The number of amides is 1. The Balaban J connectivity index is 1.87. The fourth-order valence-electron chi connectivity index (χ4n) is 3.18. The number of ether oxygens (including phenoxy) is 1. The van der Waals surface area contributed by atoms with Crippen LogP contribution < -0.4 is 5.32 Å². The fraction of sp³-hybridized carbons (Fsp3) is 0.933. The maximum absolute atomic E-state index is 12.6. The molecule has 0 atom stereocenters. The normalized spacial score (nSPS) is 22.4. The number of nitrogens with one attached hydrogen (secondary N) is 1. The van der Waals surface area contributed by atoms with E-state index in [0.29, 0.717) is 17.9 Å². The predicted octanol–water partition coefficient (Wildman–Crippen LogP) is 1.79. The second-order valence-corrected chi connectivity index (χ2v) is 5.83. The van der Waals surface area contributed by atoms with Crippen molar-refractivity contribution >= 4 is 5.91 Å². The van der Waals surface area contributed by atoms with Crippen LogP contribution in [-0.4, -0.2) is 49.7 Å². The summed E-state index contributed by atoms with van der Waals surface area (Å²) in [6.45, 7) is 6.85. The summed E-state index contributed by atoms with van der Waals surface area (Å²) in [5.41, 5.74) is 0. The lowest BCUT2D eigenvalue weighted by molar-refractivity contribution is -0.135. The molecule has 2 fully saturated rings. The van der Waals surface area contributed by atoms with Crippen molar-refractivity contribution in [3.8, 4) is 0 Å². The third-order valence-corrected chi connectivity index (χ3v) is 4.34. The average Bonchev–Trinajstić information content (AvgIpc) is 2.46. The fourth-order valence-corrected chi connectivity index (χ4v) is 3.18. The Hall–Kier alpha value is -0.610. The molecule has 0 aromatic heterocycles. The van der Waals surface area contributed by atoms with E-state index < -0.39 is 0 Å². The van der Waals surface area contributed by atoms with Gasteiger partial charge in [-0.25, -0.2) is 0 Å². The number of carbonyl (C=O) groups excluding carboxylic acids is 1. The van der Waals surface area contributed by atoms with E-state index in [1.165, 1.54) is 0 Å². The Morgan fingerprint density at radius 1 is 1.21 bits per heavy atom. The van der Waals surface area contributed by atoms with Crippen LogP contribution in [0.25, 0.3) is 0 Å². The number of rotatable bonds is 5. The lowest BCUT2D eigenvalue weighted by atomic mass is 9.95. The van der Waals surface area contributed by atoms with Crippen molar-refractivity contribution in [1.82, 2.24) is 10.2 Å². The number of piperidine rings is 1. The number of carbonyl (C=O) groups is 1. The van der Waals surface area contributed by atoms with Gasteiger partial charge in [0.05, 0.1) is 0 Å². The van der Waals surface area contributed by atoms with Crippen molar-refractivity contribution in [2.45, 2.75) is 51.5 Å².